The Hall–Kier alpha value is -1.05. The van der Waals surface area contributed by atoms with E-state index in [9.17, 15) is 0 Å². The highest BCUT2D eigenvalue weighted by Crippen LogP contribution is 2.51. The molecule has 1 aromatic heterocycles. The van der Waals surface area contributed by atoms with Crippen LogP contribution in [0, 0.1) is 9.49 Å². The molecule has 2 aromatic carbocycles. The Morgan fingerprint density at radius 2 is 2.04 bits per heavy atom. The molecule has 3 atom stereocenters. The molecule has 2 N–H and O–H groups in total. The topological polar surface area (TPSA) is 37.0 Å². The van der Waals surface area contributed by atoms with Crippen molar-refractivity contribution in [2.75, 3.05) is 11.9 Å². The van der Waals surface area contributed by atoms with Crippen molar-refractivity contribution in [1.29, 1.82) is 0 Å². The van der Waals surface area contributed by atoms with Crippen LogP contribution in [0.3, 0.4) is 0 Å². The summed E-state index contributed by atoms with van der Waals surface area (Å²) in [6.07, 6.45) is 3.44. The van der Waals surface area contributed by atoms with Crippen molar-refractivity contribution in [3.05, 3.63) is 61.8 Å². The van der Waals surface area contributed by atoms with Gasteiger partial charge in [0.15, 0.2) is 0 Å². The number of hydrogen-bond donors (Lipinski definition) is 2. The first kappa shape index (κ1) is 15.2. The maximum atomic E-state index is 6.14. The third kappa shape index (κ3) is 2.32. The fourth-order valence-corrected chi connectivity index (χ4v) is 5.00. The Balaban J connectivity index is 1.65. The van der Waals surface area contributed by atoms with Crippen LogP contribution < -0.4 is 5.32 Å². The van der Waals surface area contributed by atoms with E-state index < -0.39 is 0 Å². The number of aromatic nitrogens is 1. The SMILES string of the molecule is Brc1ccc2[nH]cc(C3Nc4ccc(I)cc4C4OCCC34)c2c1. The van der Waals surface area contributed by atoms with E-state index in [-0.39, 0.29) is 12.1 Å². The molecule has 24 heavy (non-hydrogen) atoms. The van der Waals surface area contributed by atoms with Crippen LogP contribution >= 0.6 is 38.5 Å². The molecule has 5 rings (SSSR count). The molecule has 2 aliphatic rings. The van der Waals surface area contributed by atoms with Gasteiger partial charge in [-0.25, -0.2) is 0 Å². The molecule has 3 nitrogen and oxygen atoms in total. The number of benzene rings is 2. The summed E-state index contributed by atoms with van der Waals surface area (Å²) in [6.45, 7) is 0.838. The summed E-state index contributed by atoms with van der Waals surface area (Å²) in [5.41, 5.74) is 5.02. The van der Waals surface area contributed by atoms with E-state index in [1.165, 1.54) is 31.3 Å². The monoisotopic (exact) mass is 494 g/mol. The van der Waals surface area contributed by atoms with Crippen LogP contribution in [0.4, 0.5) is 5.69 Å². The molecular weight excluding hydrogens is 479 g/mol. The van der Waals surface area contributed by atoms with E-state index >= 15 is 0 Å². The second-order valence-corrected chi connectivity index (χ2v) is 8.69. The molecule has 0 radical (unpaired) electrons. The molecule has 0 aliphatic carbocycles. The summed E-state index contributed by atoms with van der Waals surface area (Å²) in [5, 5.41) is 5.07. The van der Waals surface area contributed by atoms with Crippen molar-refractivity contribution in [2.24, 2.45) is 5.92 Å². The van der Waals surface area contributed by atoms with Crippen molar-refractivity contribution in [3.8, 4) is 0 Å². The van der Waals surface area contributed by atoms with E-state index in [2.05, 4.69) is 91.4 Å². The number of halogens is 2. The van der Waals surface area contributed by atoms with E-state index in [1.807, 2.05) is 0 Å². The van der Waals surface area contributed by atoms with Gasteiger partial charge >= 0.3 is 0 Å². The van der Waals surface area contributed by atoms with Crippen LogP contribution in [-0.2, 0) is 4.74 Å². The van der Waals surface area contributed by atoms with Gasteiger partial charge in [0.2, 0.25) is 0 Å². The normalized spacial score (nSPS) is 25.3. The zero-order valence-corrected chi connectivity index (χ0v) is 16.6. The molecule has 5 heteroatoms. The Morgan fingerprint density at radius 1 is 1.12 bits per heavy atom. The first-order chi connectivity index (χ1) is 11.7. The molecule has 3 heterocycles. The Bertz CT molecular complexity index is 938. The minimum Gasteiger partial charge on any atom is -0.377 e. The molecule has 1 saturated heterocycles. The molecule has 0 saturated carbocycles. The molecular formula is C19H16BrIN2O. The number of anilines is 1. The smallest absolute Gasteiger partial charge is 0.0897 e. The molecule has 0 spiro atoms. The van der Waals surface area contributed by atoms with Gasteiger partial charge in [-0.3, -0.25) is 0 Å². The third-order valence-corrected chi connectivity index (χ3v) is 6.37. The molecule has 3 unspecified atom stereocenters. The van der Waals surface area contributed by atoms with E-state index in [1.54, 1.807) is 0 Å². The average Bonchev–Trinajstić information content (AvgIpc) is 3.21. The Labute approximate surface area is 162 Å². The minimum absolute atomic E-state index is 0.193. The maximum absolute atomic E-state index is 6.14. The zero-order valence-electron chi connectivity index (χ0n) is 12.9. The van der Waals surface area contributed by atoms with Crippen molar-refractivity contribution < 1.29 is 4.74 Å². The number of H-pyrrole nitrogens is 1. The molecule has 2 aliphatic heterocycles. The minimum atomic E-state index is 0.193. The fraction of sp³-hybridized carbons (Fsp3) is 0.263. The molecule has 0 amide bonds. The molecule has 1 fully saturated rings. The van der Waals surface area contributed by atoms with Crippen molar-refractivity contribution in [1.82, 2.24) is 4.98 Å². The summed E-state index contributed by atoms with van der Waals surface area (Å²) in [4.78, 5) is 3.42. The van der Waals surface area contributed by atoms with Crippen molar-refractivity contribution in [3.63, 3.8) is 0 Å². The predicted molar refractivity (Wildman–Crippen MR) is 108 cm³/mol. The zero-order chi connectivity index (χ0) is 16.3. The van der Waals surface area contributed by atoms with Crippen LogP contribution in [0.2, 0.25) is 0 Å². The lowest BCUT2D eigenvalue weighted by Gasteiger charge is -2.36. The number of hydrogen-bond acceptors (Lipinski definition) is 2. The summed E-state index contributed by atoms with van der Waals surface area (Å²) < 4.78 is 8.51. The largest absolute Gasteiger partial charge is 0.377 e. The second kappa shape index (κ2) is 5.75. The fourth-order valence-electron chi connectivity index (χ4n) is 4.12. The lowest BCUT2D eigenvalue weighted by molar-refractivity contribution is 0.0830. The van der Waals surface area contributed by atoms with Gasteiger partial charge in [0.05, 0.1) is 12.1 Å². The molecule has 122 valence electrons. The van der Waals surface area contributed by atoms with Gasteiger partial charge in [-0.2, -0.15) is 0 Å². The van der Waals surface area contributed by atoms with Crippen LogP contribution in [0.1, 0.15) is 29.7 Å². The highest BCUT2D eigenvalue weighted by Gasteiger charge is 2.42. The first-order valence-electron chi connectivity index (χ1n) is 8.15. The molecule has 3 aromatic rings. The standard InChI is InChI=1S/C19H16BrIN2O/c20-10-1-3-16-13(7-10)15(9-22-16)18-12-5-6-24-19(12)14-8-11(21)2-4-17(14)23-18/h1-4,7-9,12,18-19,22-23H,5-6H2. The predicted octanol–water partition coefficient (Wildman–Crippen LogP) is 5.78. The number of aromatic amines is 1. The third-order valence-electron chi connectivity index (χ3n) is 5.21. The van der Waals surface area contributed by atoms with Gasteiger partial charge in [-0.15, -0.1) is 0 Å². The number of fused-ring (bicyclic) bond motifs is 4. The molecule has 0 bridgehead atoms. The van der Waals surface area contributed by atoms with Crippen LogP contribution in [-0.4, -0.2) is 11.6 Å². The first-order valence-corrected chi connectivity index (χ1v) is 10.0. The highest BCUT2D eigenvalue weighted by atomic mass is 127. The number of nitrogens with one attached hydrogen (secondary N) is 2. The van der Waals surface area contributed by atoms with Crippen molar-refractivity contribution in [2.45, 2.75) is 18.6 Å². The number of rotatable bonds is 1. The van der Waals surface area contributed by atoms with E-state index in [0.29, 0.717) is 5.92 Å². The summed E-state index contributed by atoms with van der Waals surface area (Å²) in [7, 11) is 0. The van der Waals surface area contributed by atoms with Gasteiger partial charge in [0.25, 0.3) is 0 Å². The lowest BCUT2D eigenvalue weighted by atomic mass is 9.81. The van der Waals surface area contributed by atoms with E-state index in [4.69, 9.17) is 4.74 Å². The Kier molecular flexibility index (Phi) is 3.64. The van der Waals surface area contributed by atoms with Crippen molar-refractivity contribution >= 4 is 55.1 Å². The van der Waals surface area contributed by atoms with Crippen LogP contribution in [0.15, 0.2) is 47.1 Å². The Morgan fingerprint density at radius 3 is 2.96 bits per heavy atom. The van der Waals surface area contributed by atoms with Gasteiger partial charge in [-0.05, 0) is 65.4 Å². The van der Waals surface area contributed by atoms with Gasteiger partial charge in [0.1, 0.15) is 0 Å². The van der Waals surface area contributed by atoms with Gasteiger partial charge in [-0.1, -0.05) is 15.9 Å². The average molecular weight is 495 g/mol. The van der Waals surface area contributed by atoms with Gasteiger partial charge in [0, 0.05) is 54.5 Å². The maximum Gasteiger partial charge on any atom is 0.0897 e. The number of ether oxygens (including phenoxy) is 1. The summed E-state index contributed by atoms with van der Waals surface area (Å²) >= 11 is 5.98. The lowest BCUT2D eigenvalue weighted by Crippen LogP contribution is -2.29. The van der Waals surface area contributed by atoms with E-state index in [0.717, 1.165) is 17.5 Å². The second-order valence-electron chi connectivity index (χ2n) is 6.53. The van der Waals surface area contributed by atoms with Crippen LogP contribution in [0.25, 0.3) is 10.9 Å². The summed E-state index contributed by atoms with van der Waals surface area (Å²) in [5.74, 6) is 0.466. The highest BCUT2D eigenvalue weighted by molar-refractivity contribution is 14.1. The van der Waals surface area contributed by atoms with Gasteiger partial charge < -0.3 is 15.0 Å². The van der Waals surface area contributed by atoms with Crippen LogP contribution in [0.5, 0.6) is 0 Å². The quantitative estimate of drug-likeness (QED) is 0.421. The summed E-state index contributed by atoms with van der Waals surface area (Å²) in [6, 6.07) is 13.3.